The summed E-state index contributed by atoms with van der Waals surface area (Å²) in [5.41, 5.74) is 1.35. The van der Waals surface area contributed by atoms with Crippen molar-refractivity contribution in [2.24, 2.45) is 0 Å². The van der Waals surface area contributed by atoms with Crippen LogP contribution >= 0.6 is 0 Å². The molecule has 1 aromatic rings. The molecule has 3 aliphatic rings. The Morgan fingerprint density at radius 3 is 2.87 bits per heavy atom. The van der Waals surface area contributed by atoms with Gasteiger partial charge >= 0.3 is 0 Å². The van der Waals surface area contributed by atoms with Crippen LogP contribution in [0.4, 0.5) is 0 Å². The molecule has 3 aliphatic heterocycles. The van der Waals surface area contributed by atoms with Crippen molar-refractivity contribution in [2.75, 3.05) is 33.2 Å². The highest BCUT2D eigenvalue weighted by molar-refractivity contribution is 5.44. The van der Waals surface area contributed by atoms with Crippen LogP contribution < -0.4 is 14.8 Å². The second-order valence-corrected chi connectivity index (χ2v) is 6.73. The number of nitrogens with one attached hydrogen (secondary N) is 1. The van der Waals surface area contributed by atoms with Gasteiger partial charge in [-0.25, -0.2) is 0 Å². The molecule has 5 nitrogen and oxygen atoms in total. The third-order valence-corrected chi connectivity index (χ3v) is 5.18. The van der Waals surface area contributed by atoms with Crippen LogP contribution in [0.3, 0.4) is 0 Å². The lowest BCUT2D eigenvalue weighted by Crippen LogP contribution is -2.50. The Labute approximate surface area is 137 Å². The summed E-state index contributed by atoms with van der Waals surface area (Å²) in [7, 11) is 0. The molecule has 0 aromatic heterocycles. The summed E-state index contributed by atoms with van der Waals surface area (Å²) in [6, 6.07) is 6.77. The number of rotatable bonds is 4. The van der Waals surface area contributed by atoms with Gasteiger partial charge in [-0.1, -0.05) is 6.07 Å². The highest BCUT2D eigenvalue weighted by Crippen LogP contribution is 2.34. The van der Waals surface area contributed by atoms with Crippen LogP contribution in [0.2, 0.25) is 0 Å². The first-order valence-corrected chi connectivity index (χ1v) is 8.67. The van der Waals surface area contributed by atoms with Crippen LogP contribution in [0, 0.1) is 0 Å². The van der Waals surface area contributed by atoms with Gasteiger partial charge in [0.2, 0.25) is 6.79 Å². The van der Waals surface area contributed by atoms with E-state index >= 15 is 0 Å². The van der Waals surface area contributed by atoms with E-state index in [2.05, 4.69) is 17.4 Å². The van der Waals surface area contributed by atoms with Crippen molar-refractivity contribution in [3.05, 3.63) is 23.8 Å². The van der Waals surface area contributed by atoms with Crippen molar-refractivity contribution in [1.29, 1.82) is 0 Å². The highest BCUT2D eigenvalue weighted by Gasteiger charge is 2.38. The van der Waals surface area contributed by atoms with Gasteiger partial charge in [-0.15, -0.1) is 0 Å². The van der Waals surface area contributed by atoms with Crippen LogP contribution in [0.25, 0.3) is 0 Å². The van der Waals surface area contributed by atoms with Gasteiger partial charge in [0.05, 0.1) is 5.60 Å². The van der Waals surface area contributed by atoms with Gasteiger partial charge in [-0.2, -0.15) is 0 Å². The molecule has 3 heterocycles. The fraction of sp³-hybridized carbons (Fsp3) is 0.667. The standard InChI is InChI=1S/C18H25NO4/c1-2-16-17(22-13-21-16)11-14(1)3-7-19-15-4-8-23-18(12-15)5-9-20-10-6-18/h1-2,11,15,19H,3-10,12-13H2/t15-/m1/s1. The molecule has 0 aliphatic carbocycles. The molecule has 4 rings (SSSR count). The molecule has 2 fully saturated rings. The van der Waals surface area contributed by atoms with Gasteiger partial charge in [0.25, 0.3) is 0 Å². The van der Waals surface area contributed by atoms with Gasteiger partial charge < -0.3 is 24.3 Å². The molecule has 0 bridgehead atoms. The predicted octanol–water partition coefficient (Wildman–Crippen LogP) is 2.28. The Kier molecular flexibility index (Phi) is 4.42. The van der Waals surface area contributed by atoms with E-state index in [1.807, 2.05) is 6.07 Å². The van der Waals surface area contributed by atoms with E-state index in [0.717, 1.165) is 70.0 Å². The Morgan fingerprint density at radius 2 is 1.96 bits per heavy atom. The molecule has 0 saturated carbocycles. The number of fused-ring (bicyclic) bond motifs is 1. The Bertz CT molecular complexity index is 536. The molecule has 126 valence electrons. The molecular weight excluding hydrogens is 294 g/mol. The van der Waals surface area contributed by atoms with E-state index < -0.39 is 0 Å². The molecule has 1 aromatic carbocycles. The monoisotopic (exact) mass is 319 g/mol. The molecule has 1 atom stereocenters. The van der Waals surface area contributed by atoms with Crippen LogP contribution in [-0.4, -0.2) is 44.8 Å². The second kappa shape index (κ2) is 6.67. The average molecular weight is 319 g/mol. The summed E-state index contributed by atoms with van der Waals surface area (Å²) < 4.78 is 22.4. The summed E-state index contributed by atoms with van der Waals surface area (Å²) in [5, 5.41) is 3.72. The SMILES string of the molecule is c1cc2c(cc1CCN[C@@H]1CCOC3(CCOCC3)C1)OCO2. The molecule has 0 unspecified atom stereocenters. The fourth-order valence-electron chi connectivity index (χ4n) is 3.81. The quantitative estimate of drug-likeness (QED) is 0.922. The summed E-state index contributed by atoms with van der Waals surface area (Å²) in [5.74, 6) is 1.72. The Balaban J connectivity index is 1.27. The summed E-state index contributed by atoms with van der Waals surface area (Å²) in [6.07, 6.45) is 5.28. The normalized spacial score (nSPS) is 25.7. The maximum Gasteiger partial charge on any atom is 0.231 e. The number of benzene rings is 1. The largest absolute Gasteiger partial charge is 0.454 e. The molecular formula is C18H25NO4. The van der Waals surface area contributed by atoms with Crippen LogP contribution in [0.5, 0.6) is 11.5 Å². The molecule has 0 amide bonds. The summed E-state index contributed by atoms with van der Waals surface area (Å²) >= 11 is 0. The molecule has 1 N–H and O–H groups in total. The maximum atomic E-state index is 6.10. The first-order chi connectivity index (χ1) is 11.3. The van der Waals surface area contributed by atoms with Crippen molar-refractivity contribution < 1.29 is 18.9 Å². The van der Waals surface area contributed by atoms with E-state index in [-0.39, 0.29) is 5.60 Å². The topological polar surface area (TPSA) is 49.0 Å². The lowest BCUT2D eigenvalue weighted by molar-refractivity contribution is -0.140. The Hall–Kier alpha value is -1.30. The van der Waals surface area contributed by atoms with Crippen molar-refractivity contribution in [2.45, 2.75) is 43.7 Å². The van der Waals surface area contributed by atoms with Crippen molar-refractivity contribution in [3.8, 4) is 11.5 Å². The van der Waals surface area contributed by atoms with E-state index in [1.165, 1.54) is 5.56 Å². The van der Waals surface area contributed by atoms with Crippen LogP contribution in [0.1, 0.15) is 31.2 Å². The zero-order valence-corrected chi connectivity index (χ0v) is 13.5. The highest BCUT2D eigenvalue weighted by atomic mass is 16.7. The molecule has 2 saturated heterocycles. The van der Waals surface area contributed by atoms with Gasteiger partial charge in [-0.3, -0.25) is 0 Å². The van der Waals surface area contributed by atoms with Crippen molar-refractivity contribution in [3.63, 3.8) is 0 Å². The van der Waals surface area contributed by atoms with Gasteiger partial charge in [0.1, 0.15) is 0 Å². The minimum Gasteiger partial charge on any atom is -0.454 e. The molecule has 0 radical (unpaired) electrons. The first kappa shape index (κ1) is 15.2. The zero-order chi connectivity index (χ0) is 15.5. The third kappa shape index (κ3) is 3.47. The van der Waals surface area contributed by atoms with E-state index in [1.54, 1.807) is 0 Å². The molecule has 5 heteroatoms. The van der Waals surface area contributed by atoms with Gasteiger partial charge in [0.15, 0.2) is 11.5 Å². The number of hydrogen-bond acceptors (Lipinski definition) is 5. The lowest BCUT2D eigenvalue weighted by Gasteiger charge is -2.43. The smallest absolute Gasteiger partial charge is 0.231 e. The van der Waals surface area contributed by atoms with Crippen molar-refractivity contribution >= 4 is 0 Å². The van der Waals surface area contributed by atoms with E-state index in [4.69, 9.17) is 18.9 Å². The van der Waals surface area contributed by atoms with Gasteiger partial charge in [-0.05, 0) is 56.3 Å². The average Bonchev–Trinajstić information content (AvgIpc) is 3.03. The maximum absolute atomic E-state index is 6.10. The Morgan fingerprint density at radius 1 is 1.09 bits per heavy atom. The number of hydrogen-bond donors (Lipinski definition) is 1. The zero-order valence-electron chi connectivity index (χ0n) is 13.5. The fourth-order valence-corrected chi connectivity index (χ4v) is 3.81. The molecule has 23 heavy (non-hydrogen) atoms. The minimum atomic E-state index is 0.0624. The van der Waals surface area contributed by atoms with Crippen LogP contribution in [-0.2, 0) is 15.9 Å². The third-order valence-electron chi connectivity index (χ3n) is 5.18. The van der Waals surface area contributed by atoms with Gasteiger partial charge in [0, 0.05) is 25.9 Å². The van der Waals surface area contributed by atoms with E-state index in [0.29, 0.717) is 12.8 Å². The van der Waals surface area contributed by atoms with Crippen molar-refractivity contribution in [1.82, 2.24) is 5.32 Å². The number of ether oxygens (including phenoxy) is 4. The second-order valence-electron chi connectivity index (χ2n) is 6.73. The summed E-state index contributed by atoms with van der Waals surface area (Å²) in [4.78, 5) is 0. The summed E-state index contributed by atoms with van der Waals surface area (Å²) in [6.45, 7) is 3.86. The minimum absolute atomic E-state index is 0.0624. The predicted molar refractivity (Wildman–Crippen MR) is 86.0 cm³/mol. The van der Waals surface area contributed by atoms with E-state index in [9.17, 15) is 0 Å². The first-order valence-electron chi connectivity index (χ1n) is 8.67. The lowest BCUT2D eigenvalue weighted by atomic mass is 9.84. The van der Waals surface area contributed by atoms with Crippen LogP contribution in [0.15, 0.2) is 18.2 Å². The molecule has 1 spiro atoms.